The Morgan fingerprint density at radius 1 is 0.938 bits per heavy atom. The van der Waals surface area contributed by atoms with Gasteiger partial charge in [-0.2, -0.15) is 0 Å². The highest BCUT2D eigenvalue weighted by Crippen LogP contribution is 2.15. The summed E-state index contributed by atoms with van der Waals surface area (Å²) in [5.74, 6) is -0.0475. The van der Waals surface area contributed by atoms with E-state index in [0.29, 0.717) is 5.57 Å². The molecule has 16 heavy (non-hydrogen) atoms. The van der Waals surface area contributed by atoms with Crippen molar-refractivity contribution in [3.63, 3.8) is 0 Å². The van der Waals surface area contributed by atoms with Gasteiger partial charge in [-0.3, -0.25) is 9.59 Å². The monoisotopic (exact) mass is 220 g/mol. The van der Waals surface area contributed by atoms with Crippen LogP contribution in [0.4, 0.5) is 0 Å². The molecule has 0 aromatic heterocycles. The van der Waals surface area contributed by atoms with Crippen molar-refractivity contribution >= 4 is 11.6 Å². The topological polar surface area (TPSA) is 34.1 Å². The zero-order chi connectivity index (χ0) is 11.8. The predicted octanol–water partition coefficient (Wildman–Crippen LogP) is 3.37. The Bertz CT molecular complexity index is 311. The minimum atomic E-state index is -0.0550. The molecular formula is C14H20O2. The van der Waals surface area contributed by atoms with Crippen LogP contribution in [0, 0.1) is 0 Å². The molecule has 1 aliphatic rings. The normalized spacial score (nSPS) is 15.4. The first-order valence-corrected chi connectivity index (χ1v) is 6.21. The van der Waals surface area contributed by atoms with Gasteiger partial charge in [-0.05, 0) is 31.1 Å². The van der Waals surface area contributed by atoms with E-state index in [9.17, 15) is 9.59 Å². The summed E-state index contributed by atoms with van der Waals surface area (Å²) in [4.78, 5) is 22.5. The van der Waals surface area contributed by atoms with Crippen LogP contribution in [0.5, 0.6) is 0 Å². The Hall–Kier alpha value is -1.18. The molecule has 0 radical (unpaired) electrons. The average Bonchev–Trinajstić information content (AvgIpc) is 2.28. The fourth-order valence-electron chi connectivity index (χ4n) is 1.85. The maximum Gasteiger partial charge on any atom is 0.182 e. The van der Waals surface area contributed by atoms with E-state index in [1.54, 1.807) is 0 Å². The molecule has 0 N–H and O–H groups in total. The first-order chi connectivity index (χ1) is 7.74. The molecule has 0 atom stereocenters. The molecule has 0 fully saturated rings. The van der Waals surface area contributed by atoms with Gasteiger partial charge < -0.3 is 0 Å². The number of hydrogen-bond acceptors (Lipinski definition) is 2. The van der Waals surface area contributed by atoms with Crippen molar-refractivity contribution < 1.29 is 9.59 Å². The second-order valence-corrected chi connectivity index (χ2v) is 4.29. The standard InChI is InChI=1S/C14H20O2/c1-2-3-4-5-6-7-8-12-11-13(15)9-10-14(12)16/h9-11H,2-8H2,1H3. The van der Waals surface area contributed by atoms with Crippen molar-refractivity contribution in [3.8, 4) is 0 Å². The van der Waals surface area contributed by atoms with E-state index < -0.39 is 0 Å². The third-order valence-corrected chi connectivity index (χ3v) is 2.83. The minimum absolute atomic E-state index is 0.00755. The van der Waals surface area contributed by atoms with Crippen LogP contribution < -0.4 is 0 Å². The lowest BCUT2D eigenvalue weighted by molar-refractivity contribution is -0.114. The van der Waals surface area contributed by atoms with Crippen LogP contribution in [0.3, 0.4) is 0 Å². The van der Waals surface area contributed by atoms with E-state index in [-0.39, 0.29) is 11.6 Å². The van der Waals surface area contributed by atoms with Crippen molar-refractivity contribution in [1.82, 2.24) is 0 Å². The molecule has 2 nitrogen and oxygen atoms in total. The third-order valence-electron chi connectivity index (χ3n) is 2.83. The van der Waals surface area contributed by atoms with Gasteiger partial charge in [0.1, 0.15) is 0 Å². The highest BCUT2D eigenvalue weighted by Gasteiger charge is 2.12. The Balaban J connectivity index is 2.17. The van der Waals surface area contributed by atoms with Crippen molar-refractivity contribution in [2.75, 3.05) is 0 Å². The third kappa shape index (κ3) is 4.56. The minimum Gasteiger partial charge on any atom is -0.290 e. The van der Waals surface area contributed by atoms with Gasteiger partial charge in [0.15, 0.2) is 11.6 Å². The molecule has 0 saturated carbocycles. The lowest BCUT2D eigenvalue weighted by Gasteiger charge is -2.06. The Morgan fingerprint density at radius 2 is 1.62 bits per heavy atom. The van der Waals surface area contributed by atoms with E-state index in [0.717, 1.165) is 19.3 Å². The summed E-state index contributed by atoms with van der Waals surface area (Å²) < 4.78 is 0. The maximum absolute atomic E-state index is 11.4. The van der Waals surface area contributed by atoms with Gasteiger partial charge in [0, 0.05) is 5.57 Å². The van der Waals surface area contributed by atoms with Gasteiger partial charge in [0.2, 0.25) is 0 Å². The summed E-state index contributed by atoms with van der Waals surface area (Å²) in [5, 5.41) is 0. The van der Waals surface area contributed by atoms with Crippen LogP contribution in [0.25, 0.3) is 0 Å². The van der Waals surface area contributed by atoms with Crippen LogP contribution in [-0.4, -0.2) is 11.6 Å². The molecular weight excluding hydrogens is 200 g/mol. The number of ketones is 2. The molecule has 0 saturated heterocycles. The first-order valence-electron chi connectivity index (χ1n) is 6.21. The van der Waals surface area contributed by atoms with Gasteiger partial charge in [-0.15, -0.1) is 0 Å². The molecule has 2 heteroatoms. The first kappa shape index (κ1) is 12.9. The average molecular weight is 220 g/mol. The van der Waals surface area contributed by atoms with Crippen molar-refractivity contribution in [2.24, 2.45) is 0 Å². The number of unbranched alkanes of at least 4 members (excludes halogenated alkanes) is 5. The molecule has 1 aliphatic carbocycles. The molecule has 0 aromatic carbocycles. The zero-order valence-electron chi connectivity index (χ0n) is 10.00. The lowest BCUT2D eigenvalue weighted by Crippen LogP contribution is -2.07. The second kappa shape index (κ2) is 7.15. The molecule has 1 rings (SSSR count). The van der Waals surface area contributed by atoms with Crippen LogP contribution in [0.2, 0.25) is 0 Å². The molecule has 0 bridgehead atoms. The van der Waals surface area contributed by atoms with Gasteiger partial charge in [-0.1, -0.05) is 39.0 Å². The SMILES string of the molecule is CCCCCCCCC1=CC(=O)C=CC1=O. The van der Waals surface area contributed by atoms with Gasteiger partial charge in [-0.25, -0.2) is 0 Å². The summed E-state index contributed by atoms with van der Waals surface area (Å²) in [6.45, 7) is 2.20. The van der Waals surface area contributed by atoms with Crippen LogP contribution in [-0.2, 0) is 9.59 Å². The maximum atomic E-state index is 11.4. The van der Waals surface area contributed by atoms with E-state index in [1.165, 1.54) is 43.9 Å². The molecule has 0 aromatic rings. The zero-order valence-corrected chi connectivity index (χ0v) is 10.00. The summed E-state index contributed by atoms with van der Waals surface area (Å²) >= 11 is 0. The van der Waals surface area contributed by atoms with Crippen molar-refractivity contribution in [3.05, 3.63) is 23.8 Å². The van der Waals surface area contributed by atoms with Crippen LogP contribution >= 0.6 is 0 Å². The smallest absolute Gasteiger partial charge is 0.182 e. The van der Waals surface area contributed by atoms with E-state index in [4.69, 9.17) is 0 Å². The van der Waals surface area contributed by atoms with E-state index >= 15 is 0 Å². The quantitative estimate of drug-likeness (QED) is 0.487. The Morgan fingerprint density at radius 3 is 2.38 bits per heavy atom. The highest BCUT2D eigenvalue weighted by molar-refractivity contribution is 6.17. The summed E-state index contributed by atoms with van der Waals surface area (Å²) in [6, 6.07) is 0. The van der Waals surface area contributed by atoms with Crippen LogP contribution in [0.1, 0.15) is 51.9 Å². The number of rotatable bonds is 7. The molecule has 0 unspecified atom stereocenters. The number of carbonyl (C=O) groups is 2. The fraction of sp³-hybridized carbons (Fsp3) is 0.571. The summed E-state index contributed by atoms with van der Waals surface area (Å²) in [7, 11) is 0. The Kier molecular flexibility index (Phi) is 5.76. The summed E-state index contributed by atoms with van der Waals surface area (Å²) in [5.41, 5.74) is 0.683. The lowest BCUT2D eigenvalue weighted by atomic mass is 9.97. The molecule has 0 spiro atoms. The largest absolute Gasteiger partial charge is 0.290 e. The van der Waals surface area contributed by atoms with Crippen LogP contribution in [0.15, 0.2) is 23.8 Å². The number of carbonyl (C=O) groups excluding carboxylic acids is 2. The Labute approximate surface area is 97.4 Å². The molecule has 0 amide bonds. The predicted molar refractivity (Wildman–Crippen MR) is 65.2 cm³/mol. The van der Waals surface area contributed by atoms with Crippen molar-refractivity contribution in [2.45, 2.75) is 51.9 Å². The van der Waals surface area contributed by atoms with E-state index in [1.807, 2.05) is 0 Å². The number of allylic oxidation sites excluding steroid dienone is 4. The molecule has 0 heterocycles. The van der Waals surface area contributed by atoms with Gasteiger partial charge >= 0.3 is 0 Å². The van der Waals surface area contributed by atoms with Gasteiger partial charge in [0.05, 0.1) is 0 Å². The number of hydrogen-bond donors (Lipinski definition) is 0. The van der Waals surface area contributed by atoms with Gasteiger partial charge in [0.25, 0.3) is 0 Å². The van der Waals surface area contributed by atoms with Crippen molar-refractivity contribution in [1.29, 1.82) is 0 Å². The molecule has 0 aliphatic heterocycles. The summed E-state index contributed by atoms with van der Waals surface area (Å²) in [6.07, 6.45) is 12.2. The fourth-order valence-corrected chi connectivity index (χ4v) is 1.85. The second-order valence-electron chi connectivity index (χ2n) is 4.29. The highest BCUT2D eigenvalue weighted by atomic mass is 16.1. The van der Waals surface area contributed by atoms with E-state index in [2.05, 4.69) is 6.92 Å². The molecule has 88 valence electrons.